The molecule has 1 aromatic carbocycles. The Labute approximate surface area is 189 Å². The van der Waals surface area contributed by atoms with Gasteiger partial charge in [0.2, 0.25) is 5.91 Å². The van der Waals surface area contributed by atoms with Gasteiger partial charge in [-0.2, -0.15) is 9.97 Å². The third kappa shape index (κ3) is 3.84. The van der Waals surface area contributed by atoms with Gasteiger partial charge in [0.25, 0.3) is 5.89 Å². The van der Waals surface area contributed by atoms with Gasteiger partial charge in [0.15, 0.2) is 16.6 Å². The smallest absolute Gasteiger partial charge is 0.259 e. The third-order valence-corrected chi connectivity index (χ3v) is 6.88. The zero-order chi connectivity index (χ0) is 22.1. The molecule has 32 heavy (non-hydrogen) atoms. The van der Waals surface area contributed by atoms with Crippen LogP contribution < -0.4 is 10.2 Å². The quantitative estimate of drug-likeness (QED) is 0.478. The first-order valence-corrected chi connectivity index (χ1v) is 11.6. The van der Waals surface area contributed by atoms with Crippen molar-refractivity contribution in [2.45, 2.75) is 45.7 Å². The Bertz CT molecular complexity index is 1250. The maximum absolute atomic E-state index is 13.0. The molecule has 164 valence electrons. The molecule has 5 rings (SSSR count). The summed E-state index contributed by atoms with van der Waals surface area (Å²) in [5.74, 6) is 1.10. The van der Waals surface area contributed by atoms with Crippen molar-refractivity contribution in [3.05, 3.63) is 53.5 Å². The molecule has 1 N–H and O–H groups in total. The number of nitrogens with one attached hydrogen (secondary N) is 1. The van der Waals surface area contributed by atoms with Gasteiger partial charge in [-0.15, -0.1) is 0 Å². The normalized spacial score (nSPS) is 16.1. The van der Waals surface area contributed by atoms with E-state index in [0.717, 1.165) is 52.3 Å². The Morgan fingerprint density at radius 1 is 1.28 bits per heavy atom. The fraction of sp³-hybridized carbons (Fsp3) is 0.348. The highest BCUT2D eigenvalue weighted by atomic mass is 32.1. The minimum atomic E-state index is -0.220. The van der Waals surface area contributed by atoms with Crippen LogP contribution in [-0.4, -0.2) is 38.6 Å². The second-order valence-corrected chi connectivity index (χ2v) is 8.83. The number of hydrogen-bond acceptors (Lipinski definition) is 8. The largest absolute Gasteiger partial charge is 0.350 e. The number of rotatable bonds is 6. The molecule has 0 saturated carbocycles. The Morgan fingerprint density at radius 2 is 2.12 bits per heavy atom. The maximum Gasteiger partial charge on any atom is 0.259 e. The SMILES string of the molecule is CCc1c(-c2nc(C)no2)cnc2nc(N3CCC[C@@H]3C(=O)NCc3ccccc3)sc12. The number of amides is 1. The van der Waals surface area contributed by atoms with Gasteiger partial charge in [0, 0.05) is 19.3 Å². The Balaban J connectivity index is 1.41. The number of aryl methyl sites for hydroxylation is 2. The number of benzene rings is 1. The number of carbonyl (C=O) groups excluding carboxylic acids is 1. The highest BCUT2D eigenvalue weighted by molar-refractivity contribution is 7.22. The standard InChI is InChI=1S/C23H24N6O2S/c1-3-16-17(22-26-14(2)28-31-22)13-24-20-19(16)32-23(27-20)29-11-7-10-18(29)21(30)25-12-15-8-5-4-6-9-15/h4-6,8-9,13,18H,3,7,10-12H2,1-2H3,(H,25,30)/t18-/m1/s1. The zero-order valence-corrected chi connectivity index (χ0v) is 18.9. The number of fused-ring (bicyclic) bond motifs is 1. The lowest BCUT2D eigenvalue weighted by Crippen LogP contribution is -2.43. The lowest BCUT2D eigenvalue weighted by atomic mass is 10.1. The average Bonchev–Trinajstić information content (AvgIpc) is 3.56. The van der Waals surface area contributed by atoms with Crippen molar-refractivity contribution < 1.29 is 9.32 Å². The molecular formula is C23H24N6O2S. The molecule has 8 nitrogen and oxygen atoms in total. The van der Waals surface area contributed by atoms with Crippen molar-refractivity contribution in [2.75, 3.05) is 11.4 Å². The summed E-state index contributed by atoms with van der Waals surface area (Å²) in [7, 11) is 0. The Hall–Kier alpha value is -3.33. The van der Waals surface area contributed by atoms with E-state index in [2.05, 4.69) is 32.3 Å². The zero-order valence-electron chi connectivity index (χ0n) is 18.0. The van der Waals surface area contributed by atoms with E-state index in [1.54, 1.807) is 24.5 Å². The molecule has 0 spiro atoms. The molecule has 9 heteroatoms. The van der Waals surface area contributed by atoms with Crippen molar-refractivity contribution in [1.29, 1.82) is 0 Å². The van der Waals surface area contributed by atoms with Crippen molar-refractivity contribution in [2.24, 2.45) is 0 Å². The monoisotopic (exact) mass is 448 g/mol. The summed E-state index contributed by atoms with van der Waals surface area (Å²) in [4.78, 5) is 28.8. The van der Waals surface area contributed by atoms with Crippen molar-refractivity contribution in [3.8, 4) is 11.5 Å². The van der Waals surface area contributed by atoms with Gasteiger partial charge >= 0.3 is 0 Å². The van der Waals surface area contributed by atoms with Gasteiger partial charge in [-0.25, -0.2) is 4.98 Å². The number of pyridine rings is 1. The Morgan fingerprint density at radius 3 is 2.88 bits per heavy atom. The van der Waals surface area contributed by atoms with Crippen LogP contribution in [0.3, 0.4) is 0 Å². The van der Waals surface area contributed by atoms with Crippen LogP contribution in [0.25, 0.3) is 21.8 Å². The van der Waals surface area contributed by atoms with E-state index < -0.39 is 0 Å². The number of hydrogen-bond donors (Lipinski definition) is 1. The minimum Gasteiger partial charge on any atom is -0.350 e. The van der Waals surface area contributed by atoms with Gasteiger partial charge in [0.05, 0.1) is 10.3 Å². The first-order chi connectivity index (χ1) is 15.6. The molecular weight excluding hydrogens is 424 g/mol. The highest BCUT2D eigenvalue weighted by Gasteiger charge is 2.33. The summed E-state index contributed by atoms with van der Waals surface area (Å²) in [5, 5.41) is 7.82. The van der Waals surface area contributed by atoms with E-state index in [0.29, 0.717) is 23.9 Å². The van der Waals surface area contributed by atoms with Crippen LogP contribution in [0.1, 0.15) is 36.7 Å². The first-order valence-electron chi connectivity index (χ1n) is 10.8. The molecule has 0 radical (unpaired) electrons. The summed E-state index contributed by atoms with van der Waals surface area (Å²) in [5.41, 5.74) is 3.71. The molecule has 0 aliphatic carbocycles. The first kappa shape index (κ1) is 20.6. The van der Waals surface area contributed by atoms with E-state index in [1.807, 2.05) is 30.3 Å². The van der Waals surface area contributed by atoms with E-state index in [1.165, 1.54) is 0 Å². The molecule has 1 amide bonds. The van der Waals surface area contributed by atoms with Gasteiger partial charge in [-0.05, 0) is 37.3 Å². The van der Waals surface area contributed by atoms with Crippen LogP contribution in [0.5, 0.6) is 0 Å². The summed E-state index contributed by atoms with van der Waals surface area (Å²) < 4.78 is 6.39. The number of aromatic nitrogens is 4. The second-order valence-electron chi connectivity index (χ2n) is 7.85. The summed E-state index contributed by atoms with van der Waals surface area (Å²) >= 11 is 1.58. The van der Waals surface area contributed by atoms with Crippen LogP contribution in [0.15, 0.2) is 41.1 Å². The fourth-order valence-electron chi connectivity index (χ4n) is 4.15. The molecule has 4 heterocycles. The molecule has 1 saturated heterocycles. The number of thiazole rings is 1. The van der Waals surface area contributed by atoms with Crippen molar-refractivity contribution in [3.63, 3.8) is 0 Å². The lowest BCUT2D eigenvalue weighted by Gasteiger charge is -2.23. The maximum atomic E-state index is 13.0. The van der Waals surface area contributed by atoms with Crippen LogP contribution in [0, 0.1) is 6.92 Å². The third-order valence-electron chi connectivity index (χ3n) is 5.74. The predicted molar refractivity (Wildman–Crippen MR) is 123 cm³/mol. The van der Waals surface area contributed by atoms with Crippen LogP contribution in [0.4, 0.5) is 5.13 Å². The molecule has 3 aromatic heterocycles. The van der Waals surface area contributed by atoms with Crippen LogP contribution in [-0.2, 0) is 17.8 Å². The summed E-state index contributed by atoms with van der Waals surface area (Å²) in [6, 6.07) is 9.74. The molecule has 4 aromatic rings. The fourth-order valence-corrected chi connectivity index (χ4v) is 5.36. The lowest BCUT2D eigenvalue weighted by molar-refractivity contribution is -0.122. The minimum absolute atomic E-state index is 0.0382. The summed E-state index contributed by atoms with van der Waals surface area (Å²) in [6.45, 7) is 5.22. The average molecular weight is 449 g/mol. The summed E-state index contributed by atoms with van der Waals surface area (Å²) in [6.07, 6.45) is 4.32. The number of anilines is 1. The van der Waals surface area contributed by atoms with E-state index >= 15 is 0 Å². The van der Waals surface area contributed by atoms with E-state index in [4.69, 9.17) is 9.51 Å². The van der Waals surface area contributed by atoms with Crippen LogP contribution in [0.2, 0.25) is 0 Å². The molecule has 1 atom stereocenters. The van der Waals surface area contributed by atoms with Crippen molar-refractivity contribution >= 4 is 32.7 Å². The molecule has 0 bridgehead atoms. The van der Waals surface area contributed by atoms with E-state index in [-0.39, 0.29) is 11.9 Å². The Kier molecular flexibility index (Phi) is 5.57. The van der Waals surface area contributed by atoms with Gasteiger partial charge < -0.3 is 14.7 Å². The van der Waals surface area contributed by atoms with Gasteiger partial charge in [-0.1, -0.05) is 53.7 Å². The highest BCUT2D eigenvalue weighted by Crippen LogP contribution is 2.37. The molecule has 1 fully saturated rings. The second kappa shape index (κ2) is 8.66. The van der Waals surface area contributed by atoms with Crippen molar-refractivity contribution in [1.82, 2.24) is 25.4 Å². The topological polar surface area (TPSA) is 97.0 Å². The molecule has 1 aliphatic rings. The molecule has 1 aliphatic heterocycles. The predicted octanol–water partition coefficient (Wildman–Crippen LogP) is 3.90. The van der Waals surface area contributed by atoms with Gasteiger partial charge in [-0.3, -0.25) is 4.79 Å². The molecule has 0 unspecified atom stereocenters. The van der Waals surface area contributed by atoms with E-state index in [9.17, 15) is 4.79 Å². The number of carbonyl (C=O) groups is 1. The van der Waals surface area contributed by atoms with Gasteiger partial charge in [0.1, 0.15) is 6.04 Å². The number of nitrogens with zero attached hydrogens (tertiary/aromatic N) is 5. The van der Waals surface area contributed by atoms with Crippen LogP contribution >= 0.6 is 11.3 Å².